The van der Waals surface area contributed by atoms with Gasteiger partial charge in [0.05, 0.1) is 6.04 Å². The highest BCUT2D eigenvalue weighted by Crippen LogP contribution is 2.17. The normalized spacial score (nSPS) is 22.4. The first-order valence-electron chi connectivity index (χ1n) is 6.53. The van der Waals surface area contributed by atoms with E-state index in [1.807, 2.05) is 24.3 Å². The van der Waals surface area contributed by atoms with Gasteiger partial charge in [-0.3, -0.25) is 0 Å². The predicted octanol–water partition coefficient (Wildman–Crippen LogP) is -0.590. The molecule has 7 nitrogen and oxygen atoms in total. The summed E-state index contributed by atoms with van der Waals surface area (Å²) >= 11 is 0. The summed E-state index contributed by atoms with van der Waals surface area (Å²) in [5.74, 6) is 0.749. The van der Waals surface area contributed by atoms with E-state index in [1.54, 1.807) is 0 Å². The first kappa shape index (κ1) is 12.2. The zero-order chi connectivity index (χ0) is 13.2. The van der Waals surface area contributed by atoms with Crippen molar-refractivity contribution in [3.05, 3.63) is 18.0 Å². The van der Waals surface area contributed by atoms with Crippen LogP contribution in [0.25, 0.3) is 0 Å². The van der Waals surface area contributed by atoms with Gasteiger partial charge >= 0.3 is 6.03 Å². The van der Waals surface area contributed by atoms with E-state index < -0.39 is 0 Å². The number of amides is 2. The molecule has 3 heterocycles. The van der Waals surface area contributed by atoms with Crippen LogP contribution in [0.15, 0.2) is 12.4 Å². The lowest BCUT2D eigenvalue weighted by Gasteiger charge is -2.36. The monoisotopic (exact) mass is 262 g/mol. The number of nitrogens with one attached hydrogen (secondary N) is 2. The van der Waals surface area contributed by atoms with E-state index in [0.29, 0.717) is 6.54 Å². The molecule has 2 fully saturated rings. The highest BCUT2D eigenvalue weighted by Gasteiger charge is 2.36. The number of hydrogen-bond acceptors (Lipinski definition) is 5. The van der Waals surface area contributed by atoms with Gasteiger partial charge in [-0.25, -0.2) is 14.8 Å². The lowest BCUT2D eigenvalue weighted by atomic mass is 10.2. The van der Waals surface area contributed by atoms with E-state index in [0.717, 1.165) is 37.7 Å². The Bertz CT molecular complexity index is 462. The molecule has 102 valence electrons. The molecule has 0 spiro atoms. The number of rotatable bonds is 3. The fourth-order valence-electron chi connectivity index (χ4n) is 2.59. The molecule has 19 heavy (non-hydrogen) atoms. The Morgan fingerprint density at radius 1 is 1.42 bits per heavy atom. The molecule has 7 heteroatoms. The standard InChI is InChI=1S/C12H18N6O/c1-13-4-9-5-14-11(15-6-9)17-2-3-18-10(8-17)7-16-12(18)19/h5-6,10,13H,2-4,7-8H2,1H3,(H,16,19). The van der Waals surface area contributed by atoms with E-state index >= 15 is 0 Å². The quantitative estimate of drug-likeness (QED) is 0.761. The largest absolute Gasteiger partial charge is 0.337 e. The number of carbonyl (C=O) groups excluding carboxylic acids is 1. The third kappa shape index (κ3) is 2.33. The molecule has 2 N–H and O–H groups in total. The molecular formula is C12H18N6O. The van der Waals surface area contributed by atoms with Gasteiger partial charge < -0.3 is 20.4 Å². The number of fused-ring (bicyclic) bond motifs is 1. The van der Waals surface area contributed by atoms with Gasteiger partial charge in [-0.15, -0.1) is 0 Å². The molecule has 0 bridgehead atoms. The maximum atomic E-state index is 11.5. The minimum atomic E-state index is 0.0509. The van der Waals surface area contributed by atoms with Crippen LogP contribution in [0.2, 0.25) is 0 Å². The fraction of sp³-hybridized carbons (Fsp3) is 0.583. The molecule has 1 aromatic heterocycles. The van der Waals surface area contributed by atoms with Crippen molar-refractivity contribution >= 4 is 12.0 Å². The Morgan fingerprint density at radius 3 is 2.95 bits per heavy atom. The summed E-state index contributed by atoms with van der Waals surface area (Å²) < 4.78 is 0. The second-order valence-electron chi connectivity index (χ2n) is 4.90. The van der Waals surface area contributed by atoms with Crippen molar-refractivity contribution in [2.45, 2.75) is 12.6 Å². The number of carbonyl (C=O) groups is 1. The van der Waals surface area contributed by atoms with Gasteiger partial charge in [-0.1, -0.05) is 0 Å². The van der Waals surface area contributed by atoms with Crippen molar-refractivity contribution in [1.29, 1.82) is 0 Å². The molecule has 0 saturated carbocycles. The average molecular weight is 262 g/mol. The molecule has 0 radical (unpaired) electrons. The van der Waals surface area contributed by atoms with Crippen LogP contribution in [0.4, 0.5) is 10.7 Å². The third-order valence-corrected chi connectivity index (χ3v) is 3.59. The van der Waals surface area contributed by atoms with Crippen LogP contribution in [0.3, 0.4) is 0 Å². The fourth-order valence-corrected chi connectivity index (χ4v) is 2.59. The molecule has 0 aromatic carbocycles. The predicted molar refractivity (Wildman–Crippen MR) is 70.9 cm³/mol. The SMILES string of the molecule is CNCc1cnc(N2CCN3C(=O)NCC3C2)nc1. The summed E-state index contributed by atoms with van der Waals surface area (Å²) in [7, 11) is 1.90. The van der Waals surface area contributed by atoms with Crippen LogP contribution < -0.4 is 15.5 Å². The zero-order valence-electron chi connectivity index (χ0n) is 11.0. The highest BCUT2D eigenvalue weighted by molar-refractivity contribution is 5.77. The number of nitrogens with zero attached hydrogens (tertiary/aromatic N) is 4. The molecule has 2 amide bonds. The van der Waals surface area contributed by atoms with Crippen molar-refractivity contribution in [2.24, 2.45) is 0 Å². The molecule has 3 rings (SSSR count). The van der Waals surface area contributed by atoms with Crippen LogP contribution in [0.1, 0.15) is 5.56 Å². The zero-order valence-corrected chi connectivity index (χ0v) is 11.0. The first-order chi connectivity index (χ1) is 9.28. The van der Waals surface area contributed by atoms with Crippen molar-refractivity contribution < 1.29 is 4.79 Å². The first-order valence-corrected chi connectivity index (χ1v) is 6.53. The number of anilines is 1. The van der Waals surface area contributed by atoms with Gasteiger partial charge in [-0.2, -0.15) is 0 Å². The lowest BCUT2D eigenvalue weighted by molar-refractivity contribution is 0.197. The summed E-state index contributed by atoms with van der Waals surface area (Å²) in [6.07, 6.45) is 3.70. The van der Waals surface area contributed by atoms with Gasteiger partial charge in [0.15, 0.2) is 0 Å². The Kier molecular flexibility index (Phi) is 3.20. The van der Waals surface area contributed by atoms with Crippen molar-refractivity contribution in [3.8, 4) is 0 Å². The molecule has 2 aliphatic heterocycles. The summed E-state index contributed by atoms with van der Waals surface area (Å²) in [5, 5.41) is 5.94. The van der Waals surface area contributed by atoms with Gasteiger partial charge in [0, 0.05) is 50.7 Å². The molecular weight excluding hydrogens is 244 g/mol. The topological polar surface area (TPSA) is 73.4 Å². The Hall–Kier alpha value is -1.89. The highest BCUT2D eigenvalue weighted by atomic mass is 16.2. The Labute approximate surface area is 112 Å². The maximum Gasteiger partial charge on any atom is 0.317 e. The molecule has 2 saturated heterocycles. The second-order valence-corrected chi connectivity index (χ2v) is 4.90. The van der Waals surface area contributed by atoms with Gasteiger partial charge in [-0.05, 0) is 7.05 Å². The number of hydrogen-bond donors (Lipinski definition) is 2. The number of urea groups is 1. The molecule has 1 aromatic rings. The van der Waals surface area contributed by atoms with Crippen LogP contribution in [0.5, 0.6) is 0 Å². The van der Waals surface area contributed by atoms with Crippen LogP contribution in [0, 0.1) is 0 Å². The van der Waals surface area contributed by atoms with E-state index in [2.05, 4.69) is 25.5 Å². The number of piperazine rings is 1. The maximum absolute atomic E-state index is 11.5. The summed E-state index contributed by atoms with van der Waals surface area (Å²) in [6, 6.07) is 0.289. The average Bonchev–Trinajstić information content (AvgIpc) is 2.81. The van der Waals surface area contributed by atoms with Gasteiger partial charge in [0.2, 0.25) is 5.95 Å². The summed E-state index contributed by atoms with van der Waals surface area (Å²) in [6.45, 7) is 3.81. The smallest absolute Gasteiger partial charge is 0.317 e. The molecule has 1 unspecified atom stereocenters. The van der Waals surface area contributed by atoms with E-state index in [4.69, 9.17) is 0 Å². The molecule has 1 atom stereocenters. The van der Waals surface area contributed by atoms with Crippen molar-refractivity contribution in [2.75, 3.05) is 38.1 Å². The van der Waals surface area contributed by atoms with Crippen molar-refractivity contribution in [3.63, 3.8) is 0 Å². The third-order valence-electron chi connectivity index (χ3n) is 3.59. The van der Waals surface area contributed by atoms with Gasteiger partial charge in [0.1, 0.15) is 0 Å². The van der Waals surface area contributed by atoms with Gasteiger partial charge in [0.25, 0.3) is 0 Å². The summed E-state index contributed by atoms with van der Waals surface area (Å²) in [4.78, 5) is 24.4. The Morgan fingerprint density at radius 2 is 2.21 bits per heavy atom. The second kappa shape index (κ2) is 5.00. The van der Waals surface area contributed by atoms with E-state index in [-0.39, 0.29) is 12.1 Å². The molecule has 0 aliphatic carbocycles. The Balaban J connectivity index is 1.68. The van der Waals surface area contributed by atoms with E-state index in [9.17, 15) is 4.79 Å². The lowest BCUT2D eigenvalue weighted by Crippen LogP contribution is -2.52. The number of aromatic nitrogens is 2. The van der Waals surface area contributed by atoms with Crippen LogP contribution in [-0.4, -0.2) is 60.2 Å². The van der Waals surface area contributed by atoms with Crippen LogP contribution >= 0.6 is 0 Å². The van der Waals surface area contributed by atoms with Crippen molar-refractivity contribution in [1.82, 2.24) is 25.5 Å². The minimum absolute atomic E-state index is 0.0509. The minimum Gasteiger partial charge on any atom is -0.337 e. The molecule has 2 aliphatic rings. The van der Waals surface area contributed by atoms with E-state index in [1.165, 1.54) is 0 Å². The van der Waals surface area contributed by atoms with Crippen LogP contribution in [-0.2, 0) is 6.54 Å². The summed E-state index contributed by atoms with van der Waals surface area (Å²) in [5.41, 5.74) is 1.07.